The second kappa shape index (κ2) is 6.62. The lowest BCUT2D eigenvalue weighted by molar-refractivity contribution is 0.124. The van der Waals surface area contributed by atoms with Crippen LogP contribution in [0, 0.1) is 0 Å². The van der Waals surface area contributed by atoms with Crippen molar-refractivity contribution in [2.24, 2.45) is 5.73 Å². The Balaban J connectivity index is 2.12. The average molecular weight is 332 g/mol. The Morgan fingerprint density at radius 3 is 2.10 bits per heavy atom. The molecular formula is C14H22ClN3O2S. The van der Waals surface area contributed by atoms with E-state index in [1.807, 2.05) is 31.2 Å². The van der Waals surface area contributed by atoms with Gasteiger partial charge >= 0.3 is 0 Å². The van der Waals surface area contributed by atoms with E-state index >= 15 is 0 Å². The van der Waals surface area contributed by atoms with Crippen LogP contribution in [0.4, 0.5) is 0 Å². The average Bonchev–Trinajstić information content (AvgIpc) is 2.40. The van der Waals surface area contributed by atoms with E-state index in [1.165, 1.54) is 10.6 Å². The number of halogens is 1. The predicted molar refractivity (Wildman–Crippen MR) is 85.8 cm³/mol. The van der Waals surface area contributed by atoms with Crippen LogP contribution in [0.3, 0.4) is 0 Å². The molecule has 0 aliphatic carbocycles. The summed E-state index contributed by atoms with van der Waals surface area (Å²) in [6.45, 7) is 4.36. The Morgan fingerprint density at radius 1 is 1.14 bits per heavy atom. The van der Waals surface area contributed by atoms with Crippen LogP contribution in [0.1, 0.15) is 18.5 Å². The standard InChI is InChI=1S/C14H22ClN3O2S/c1-11(16)14(12-3-5-13(15)6-4-12)17-7-9-18(10-8-17)21(2,19)20/h3-6,11,14H,7-10,16H2,1-2H3. The molecule has 0 radical (unpaired) electrons. The van der Waals surface area contributed by atoms with Crippen LogP contribution in [0.5, 0.6) is 0 Å². The first-order valence-electron chi connectivity index (χ1n) is 6.99. The number of hydrogen-bond acceptors (Lipinski definition) is 4. The smallest absolute Gasteiger partial charge is 0.211 e. The van der Waals surface area contributed by atoms with Gasteiger partial charge in [0.05, 0.1) is 6.26 Å². The lowest BCUT2D eigenvalue weighted by Crippen LogP contribution is -2.52. The molecule has 2 N–H and O–H groups in total. The fourth-order valence-electron chi connectivity index (χ4n) is 2.82. The van der Waals surface area contributed by atoms with Gasteiger partial charge in [-0.3, -0.25) is 4.90 Å². The minimum atomic E-state index is -3.11. The van der Waals surface area contributed by atoms with Crippen molar-refractivity contribution in [2.45, 2.75) is 19.0 Å². The van der Waals surface area contributed by atoms with E-state index in [0.29, 0.717) is 31.2 Å². The molecule has 2 rings (SSSR count). The van der Waals surface area contributed by atoms with Gasteiger partial charge in [0.2, 0.25) is 10.0 Å². The summed E-state index contributed by atoms with van der Waals surface area (Å²) in [5, 5.41) is 0.698. The third-order valence-corrected chi connectivity index (χ3v) is 5.40. The molecule has 5 nitrogen and oxygen atoms in total. The van der Waals surface area contributed by atoms with Crippen molar-refractivity contribution in [3.63, 3.8) is 0 Å². The van der Waals surface area contributed by atoms with Crippen LogP contribution < -0.4 is 5.73 Å². The van der Waals surface area contributed by atoms with Crippen molar-refractivity contribution >= 4 is 21.6 Å². The molecule has 0 aromatic heterocycles. The van der Waals surface area contributed by atoms with E-state index in [9.17, 15) is 8.42 Å². The first kappa shape index (κ1) is 16.7. The van der Waals surface area contributed by atoms with Crippen molar-refractivity contribution in [2.75, 3.05) is 32.4 Å². The van der Waals surface area contributed by atoms with E-state index < -0.39 is 10.0 Å². The van der Waals surface area contributed by atoms with Gasteiger partial charge in [-0.1, -0.05) is 23.7 Å². The molecule has 1 aliphatic heterocycles. The number of piperazine rings is 1. The van der Waals surface area contributed by atoms with Crippen molar-refractivity contribution in [1.82, 2.24) is 9.21 Å². The van der Waals surface area contributed by atoms with E-state index in [1.54, 1.807) is 0 Å². The Bertz CT molecular complexity index is 566. The molecular weight excluding hydrogens is 310 g/mol. The zero-order valence-corrected chi connectivity index (χ0v) is 13.9. The van der Waals surface area contributed by atoms with E-state index in [2.05, 4.69) is 4.90 Å². The summed E-state index contributed by atoms with van der Waals surface area (Å²) in [5.41, 5.74) is 7.26. The SMILES string of the molecule is CC(N)C(c1ccc(Cl)cc1)N1CCN(S(C)(=O)=O)CC1. The van der Waals surface area contributed by atoms with Crippen molar-refractivity contribution in [1.29, 1.82) is 0 Å². The molecule has 0 bridgehead atoms. The summed E-state index contributed by atoms with van der Waals surface area (Å²) in [6, 6.07) is 7.72. The first-order valence-corrected chi connectivity index (χ1v) is 9.22. The predicted octanol–water partition coefficient (Wildman–Crippen LogP) is 1.31. The van der Waals surface area contributed by atoms with Crippen LogP contribution >= 0.6 is 11.6 Å². The molecule has 2 atom stereocenters. The van der Waals surface area contributed by atoms with Gasteiger partial charge in [-0.25, -0.2) is 8.42 Å². The molecule has 7 heteroatoms. The molecule has 118 valence electrons. The van der Waals surface area contributed by atoms with Crippen LogP contribution in [0.2, 0.25) is 5.02 Å². The Morgan fingerprint density at radius 2 is 1.67 bits per heavy atom. The highest BCUT2D eigenvalue weighted by Crippen LogP contribution is 2.26. The lowest BCUT2D eigenvalue weighted by atomic mass is 9.98. The number of benzene rings is 1. The molecule has 2 unspecified atom stereocenters. The van der Waals surface area contributed by atoms with Crippen molar-refractivity contribution < 1.29 is 8.42 Å². The Labute approximate surface area is 131 Å². The number of nitrogens with two attached hydrogens (primary N) is 1. The molecule has 1 aliphatic rings. The van der Waals surface area contributed by atoms with Crippen molar-refractivity contribution in [3.05, 3.63) is 34.9 Å². The maximum absolute atomic E-state index is 11.6. The third kappa shape index (κ3) is 4.17. The normalized spacial score (nSPS) is 21.1. The maximum Gasteiger partial charge on any atom is 0.211 e. The highest BCUT2D eigenvalue weighted by atomic mass is 35.5. The van der Waals surface area contributed by atoms with Gasteiger partial charge in [-0.05, 0) is 24.6 Å². The summed E-state index contributed by atoms with van der Waals surface area (Å²) in [6.07, 6.45) is 1.25. The number of sulfonamides is 1. The molecule has 21 heavy (non-hydrogen) atoms. The fourth-order valence-corrected chi connectivity index (χ4v) is 3.77. The zero-order chi connectivity index (χ0) is 15.6. The topological polar surface area (TPSA) is 66.6 Å². The van der Waals surface area contributed by atoms with Crippen LogP contribution in [0.25, 0.3) is 0 Å². The van der Waals surface area contributed by atoms with Gasteiger partial charge in [0.15, 0.2) is 0 Å². The molecule has 0 amide bonds. The first-order chi connectivity index (χ1) is 9.79. The highest BCUT2D eigenvalue weighted by molar-refractivity contribution is 7.88. The molecule has 1 saturated heterocycles. The maximum atomic E-state index is 11.6. The summed E-state index contributed by atoms with van der Waals surface area (Å²) >= 11 is 5.93. The molecule has 1 fully saturated rings. The number of rotatable bonds is 4. The van der Waals surface area contributed by atoms with Gasteiger partial charge in [0.25, 0.3) is 0 Å². The lowest BCUT2D eigenvalue weighted by Gasteiger charge is -2.40. The van der Waals surface area contributed by atoms with Gasteiger partial charge in [0.1, 0.15) is 0 Å². The van der Waals surface area contributed by atoms with E-state index in [0.717, 1.165) is 5.56 Å². The van der Waals surface area contributed by atoms with E-state index in [-0.39, 0.29) is 12.1 Å². The number of hydrogen-bond donors (Lipinski definition) is 1. The molecule has 1 heterocycles. The summed E-state index contributed by atoms with van der Waals surface area (Å²) < 4.78 is 24.7. The van der Waals surface area contributed by atoms with Crippen molar-refractivity contribution in [3.8, 4) is 0 Å². The monoisotopic (exact) mass is 331 g/mol. The minimum Gasteiger partial charge on any atom is -0.326 e. The summed E-state index contributed by atoms with van der Waals surface area (Å²) in [5.74, 6) is 0. The fraction of sp³-hybridized carbons (Fsp3) is 0.571. The Kier molecular flexibility index (Phi) is 5.27. The summed E-state index contributed by atoms with van der Waals surface area (Å²) in [7, 11) is -3.11. The summed E-state index contributed by atoms with van der Waals surface area (Å²) in [4.78, 5) is 2.25. The zero-order valence-electron chi connectivity index (χ0n) is 12.4. The number of nitrogens with zero attached hydrogens (tertiary/aromatic N) is 2. The van der Waals surface area contributed by atoms with Crippen LogP contribution in [-0.4, -0.2) is 56.1 Å². The Hall–Kier alpha value is -0.660. The van der Waals surface area contributed by atoms with Gasteiger partial charge in [-0.2, -0.15) is 4.31 Å². The molecule has 0 spiro atoms. The molecule has 1 aromatic rings. The van der Waals surface area contributed by atoms with Crippen LogP contribution in [-0.2, 0) is 10.0 Å². The quantitative estimate of drug-likeness (QED) is 0.903. The second-order valence-electron chi connectivity index (χ2n) is 5.55. The van der Waals surface area contributed by atoms with E-state index in [4.69, 9.17) is 17.3 Å². The van der Waals surface area contributed by atoms with Gasteiger partial charge < -0.3 is 5.73 Å². The third-order valence-electron chi connectivity index (χ3n) is 3.85. The highest BCUT2D eigenvalue weighted by Gasteiger charge is 2.30. The van der Waals surface area contributed by atoms with Gasteiger partial charge in [-0.15, -0.1) is 0 Å². The van der Waals surface area contributed by atoms with Crippen LogP contribution in [0.15, 0.2) is 24.3 Å². The van der Waals surface area contributed by atoms with Gasteiger partial charge in [0, 0.05) is 43.3 Å². The minimum absolute atomic E-state index is 0.0454. The molecule has 1 aromatic carbocycles. The largest absolute Gasteiger partial charge is 0.326 e. The second-order valence-corrected chi connectivity index (χ2v) is 7.97. The molecule has 0 saturated carbocycles.